The first-order chi connectivity index (χ1) is 10.6. The number of aromatic nitrogens is 4. The maximum Gasteiger partial charge on any atom is 0.220 e. The first-order valence-corrected chi connectivity index (χ1v) is 7.64. The van der Waals surface area contributed by atoms with Gasteiger partial charge in [-0.3, -0.25) is 0 Å². The van der Waals surface area contributed by atoms with Gasteiger partial charge in [-0.05, 0) is 24.1 Å². The zero-order chi connectivity index (χ0) is 16.1. The van der Waals surface area contributed by atoms with Gasteiger partial charge in [0.2, 0.25) is 5.95 Å². The van der Waals surface area contributed by atoms with Crippen LogP contribution in [-0.4, -0.2) is 19.6 Å². The van der Waals surface area contributed by atoms with Gasteiger partial charge in [0, 0.05) is 19.4 Å². The number of hydrogen-bond acceptors (Lipinski definition) is 4. The van der Waals surface area contributed by atoms with Crippen LogP contribution in [0.1, 0.15) is 47.2 Å². The molecule has 3 heterocycles. The quantitative estimate of drug-likeness (QED) is 0.771. The van der Waals surface area contributed by atoms with Gasteiger partial charge in [-0.15, -0.1) is 0 Å². The molecule has 0 fully saturated rings. The molecule has 0 radical (unpaired) electrons. The number of nitrogen functional groups attached to an aromatic ring is 1. The molecule has 5 nitrogen and oxygen atoms in total. The van der Waals surface area contributed by atoms with Gasteiger partial charge in [0.15, 0.2) is 0 Å². The fourth-order valence-corrected chi connectivity index (χ4v) is 2.20. The summed E-state index contributed by atoms with van der Waals surface area (Å²) in [7, 11) is 0. The lowest BCUT2D eigenvalue weighted by Crippen LogP contribution is -1.97. The molecular formula is C17H25N5. The molecule has 0 amide bonds. The van der Waals surface area contributed by atoms with E-state index in [0.717, 1.165) is 22.5 Å². The molecule has 118 valence electrons. The Labute approximate surface area is 132 Å². The van der Waals surface area contributed by atoms with E-state index < -0.39 is 0 Å². The standard InChI is InChI=1S/C14H15N5.C3H8.H2/c1-9(2)13-12(10-6-7-16-14(15)17-10)11-5-3-4-8-19(11)18-13;1-3-2;/h3-9H,1-2H3,(H2,15,16,17);3H2,1-2H3;1H. The molecule has 3 aromatic rings. The van der Waals surface area contributed by atoms with Gasteiger partial charge in [0.1, 0.15) is 0 Å². The Morgan fingerprint density at radius 3 is 2.59 bits per heavy atom. The van der Waals surface area contributed by atoms with Crippen molar-refractivity contribution >= 4 is 11.5 Å². The lowest BCUT2D eigenvalue weighted by molar-refractivity contribution is 0.789. The topological polar surface area (TPSA) is 69.1 Å². The molecule has 5 heteroatoms. The molecule has 22 heavy (non-hydrogen) atoms. The normalized spacial score (nSPS) is 10.6. The number of anilines is 1. The highest BCUT2D eigenvalue weighted by Crippen LogP contribution is 2.31. The highest BCUT2D eigenvalue weighted by atomic mass is 15.2. The monoisotopic (exact) mass is 299 g/mol. The fourth-order valence-electron chi connectivity index (χ4n) is 2.20. The molecule has 0 aromatic carbocycles. The second-order valence-corrected chi connectivity index (χ2v) is 5.45. The van der Waals surface area contributed by atoms with Crippen molar-refractivity contribution in [3.63, 3.8) is 0 Å². The van der Waals surface area contributed by atoms with Crippen molar-refractivity contribution in [3.8, 4) is 11.3 Å². The van der Waals surface area contributed by atoms with E-state index in [4.69, 9.17) is 5.73 Å². The molecule has 0 aliphatic carbocycles. The lowest BCUT2D eigenvalue weighted by Gasteiger charge is -2.05. The summed E-state index contributed by atoms with van der Waals surface area (Å²) in [5.41, 5.74) is 9.58. The van der Waals surface area contributed by atoms with Crippen molar-refractivity contribution in [1.82, 2.24) is 19.6 Å². The summed E-state index contributed by atoms with van der Waals surface area (Å²) in [5, 5.41) is 4.63. The smallest absolute Gasteiger partial charge is 0.220 e. The number of hydrogen-bond donors (Lipinski definition) is 1. The van der Waals surface area contributed by atoms with E-state index >= 15 is 0 Å². The SMILES string of the molecule is CC(C)c1nn2ccccc2c1-c1ccnc(N)n1.CCC.[HH]. The van der Waals surface area contributed by atoms with E-state index in [-0.39, 0.29) is 7.37 Å². The third-order valence-electron chi connectivity index (χ3n) is 3.04. The average molecular weight is 299 g/mol. The minimum absolute atomic E-state index is 0. The molecule has 0 unspecified atom stereocenters. The highest BCUT2D eigenvalue weighted by Gasteiger charge is 2.18. The highest BCUT2D eigenvalue weighted by molar-refractivity contribution is 5.81. The molecule has 3 aromatic heterocycles. The zero-order valence-corrected chi connectivity index (χ0v) is 13.6. The predicted octanol–water partition coefficient (Wildman–Crippen LogP) is 4.16. The van der Waals surface area contributed by atoms with Gasteiger partial charge >= 0.3 is 0 Å². The van der Waals surface area contributed by atoms with Crippen molar-refractivity contribution < 1.29 is 1.43 Å². The van der Waals surface area contributed by atoms with Gasteiger partial charge in [-0.25, -0.2) is 14.5 Å². The Bertz CT molecular complexity index is 752. The van der Waals surface area contributed by atoms with Gasteiger partial charge in [-0.2, -0.15) is 5.10 Å². The first-order valence-electron chi connectivity index (χ1n) is 7.64. The lowest BCUT2D eigenvalue weighted by atomic mass is 10.0. The van der Waals surface area contributed by atoms with Crippen LogP contribution in [0.25, 0.3) is 16.8 Å². The molecule has 0 atom stereocenters. The van der Waals surface area contributed by atoms with Crippen LogP contribution >= 0.6 is 0 Å². The number of fused-ring (bicyclic) bond motifs is 1. The summed E-state index contributed by atoms with van der Waals surface area (Å²) in [6.07, 6.45) is 4.86. The van der Waals surface area contributed by atoms with E-state index in [9.17, 15) is 0 Å². The van der Waals surface area contributed by atoms with E-state index in [0.29, 0.717) is 5.92 Å². The molecule has 3 rings (SSSR count). The number of nitrogens with two attached hydrogens (primary N) is 1. The second-order valence-electron chi connectivity index (χ2n) is 5.45. The fraction of sp³-hybridized carbons (Fsp3) is 0.353. The summed E-state index contributed by atoms with van der Waals surface area (Å²) in [4.78, 5) is 8.27. The van der Waals surface area contributed by atoms with Crippen molar-refractivity contribution in [1.29, 1.82) is 0 Å². The Morgan fingerprint density at radius 1 is 1.23 bits per heavy atom. The molecule has 0 bridgehead atoms. The molecule has 0 aliphatic heterocycles. The maximum atomic E-state index is 5.69. The van der Waals surface area contributed by atoms with Crippen LogP contribution in [0.2, 0.25) is 0 Å². The van der Waals surface area contributed by atoms with Crippen LogP contribution < -0.4 is 5.73 Å². The maximum absolute atomic E-state index is 5.69. The van der Waals surface area contributed by atoms with Gasteiger partial charge in [0.05, 0.1) is 16.9 Å². The molecule has 2 N–H and O–H groups in total. The van der Waals surface area contributed by atoms with Crippen LogP contribution in [0.5, 0.6) is 0 Å². The summed E-state index contributed by atoms with van der Waals surface area (Å²) in [5.74, 6) is 0.591. The molecule has 0 saturated heterocycles. The van der Waals surface area contributed by atoms with Gasteiger partial charge in [-0.1, -0.05) is 40.2 Å². The Kier molecular flexibility index (Phi) is 5.09. The molecule has 0 saturated carbocycles. The number of nitrogens with zero attached hydrogens (tertiary/aromatic N) is 4. The van der Waals surface area contributed by atoms with Crippen molar-refractivity contribution in [2.24, 2.45) is 0 Å². The predicted molar refractivity (Wildman–Crippen MR) is 92.8 cm³/mol. The van der Waals surface area contributed by atoms with Gasteiger partial charge < -0.3 is 5.73 Å². The minimum atomic E-state index is 0. The first kappa shape index (κ1) is 15.9. The summed E-state index contributed by atoms with van der Waals surface area (Å²) in [6.45, 7) is 8.49. The molecule has 0 aliphatic rings. The Hall–Kier alpha value is -2.43. The summed E-state index contributed by atoms with van der Waals surface area (Å²) < 4.78 is 1.88. The third kappa shape index (κ3) is 3.24. The van der Waals surface area contributed by atoms with Crippen LogP contribution in [0, 0.1) is 0 Å². The Morgan fingerprint density at radius 2 is 1.95 bits per heavy atom. The van der Waals surface area contributed by atoms with Crippen LogP contribution in [0.15, 0.2) is 36.7 Å². The van der Waals surface area contributed by atoms with Crippen LogP contribution in [0.3, 0.4) is 0 Å². The largest absolute Gasteiger partial charge is 0.368 e. The third-order valence-corrected chi connectivity index (χ3v) is 3.04. The zero-order valence-electron chi connectivity index (χ0n) is 13.6. The van der Waals surface area contributed by atoms with Crippen molar-refractivity contribution in [2.75, 3.05) is 5.73 Å². The summed E-state index contributed by atoms with van der Waals surface area (Å²) >= 11 is 0. The Balaban J connectivity index is 0.000000615. The molecule has 0 spiro atoms. The second kappa shape index (κ2) is 7.02. The van der Waals surface area contributed by atoms with Crippen molar-refractivity contribution in [2.45, 2.75) is 40.0 Å². The van der Waals surface area contributed by atoms with Crippen LogP contribution in [0.4, 0.5) is 5.95 Å². The van der Waals surface area contributed by atoms with Gasteiger partial charge in [0.25, 0.3) is 0 Å². The summed E-state index contributed by atoms with van der Waals surface area (Å²) in [6, 6.07) is 7.86. The molecular weight excluding hydrogens is 274 g/mol. The van der Waals surface area contributed by atoms with E-state index in [1.165, 1.54) is 6.42 Å². The average Bonchev–Trinajstić information content (AvgIpc) is 2.87. The van der Waals surface area contributed by atoms with Crippen molar-refractivity contribution in [3.05, 3.63) is 42.4 Å². The van der Waals surface area contributed by atoms with E-state index in [1.807, 2.05) is 35.0 Å². The van der Waals surface area contributed by atoms with E-state index in [1.54, 1.807) is 6.20 Å². The van der Waals surface area contributed by atoms with E-state index in [2.05, 4.69) is 42.8 Å². The number of pyridine rings is 1. The van der Waals surface area contributed by atoms with Crippen LogP contribution in [-0.2, 0) is 0 Å². The minimum Gasteiger partial charge on any atom is -0.368 e. The number of rotatable bonds is 2.